The number of nitrogens with zero attached hydrogens (tertiary/aromatic N) is 3. The monoisotopic (exact) mass is 604 g/mol. The number of fused-ring (bicyclic) bond motifs is 4. The molecule has 0 aliphatic rings. The van der Waals surface area contributed by atoms with Gasteiger partial charge >= 0.3 is 0 Å². The van der Waals surface area contributed by atoms with Crippen LogP contribution in [0.3, 0.4) is 0 Å². The zero-order chi connectivity index (χ0) is 31.1. The van der Waals surface area contributed by atoms with E-state index in [1.807, 2.05) is 31.2 Å². The van der Waals surface area contributed by atoms with Crippen LogP contribution < -0.4 is 16.2 Å². The molecule has 1 amide bonds. The van der Waals surface area contributed by atoms with Crippen molar-refractivity contribution in [2.75, 3.05) is 5.32 Å². The van der Waals surface area contributed by atoms with Gasteiger partial charge in [-0.25, -0.2) is 13.8 Å². The molecule has 3 N–H and O–H groups in total. The number of aromatic nitrogens is 4. The van der Waals surface area contributed by atoms with Crippen molar-refractivity contribution in [3.63, 3.8) is 0 Å². The maximum Gasteiger partial charge on any atom is 0.277 e. The zero-order valence-electron chi connectivity index (χ0n) is 24.0. The molecule has 0 spiro atoms. The highest BCUT2D eigenvalue weighted by Crippen LogP contribution is 2.32. The van der Waals surface area contributed by atoms with Gasteiger partial charge in [0, 0.05) is 45.8 Å². The van der Waals surface area contributed by atoms with Crippen LogP contribution in [0.2, 0.25) is 0 Å². The highest BCUT2D eigenvalue weighted by Gasteiger charge is 2.20. The normalized spacial score (nSPS) is 12.2. The molecule has 3 aromatic carbocycles. The van der Waals surface area contributed by atoms with E-state index < -0.39 is 23.1 Å². The molecule has 11 heteroatoms. The van der Waals surface area contributed by atoms with Crippen molar-refractivity contribution >= 4 is 44.4 Å². The molecular formula is C34H26F2N6O3. The number of para-hydroxylation sites is 1. The van der Waals surface area contributed by atoms with E-state index in [2.05, 4.69) is 25.6 Å². The number of pyridine rings is 1. The largest absolute Gasteiger partial charge is 0.453 e. The third-order valence-electron chi connectivity index (χ3n) is 7.76. The fraction of sp³-hybridized carbons (Fsp3) is 0.118. The topological polar surface area (TPSA) is 118 Å². The average Bonchev–Trinajstić information content (AvgIpc) is 3.64. The minimum atomic E-state index is -0.573. The number of amides is 1. The molecule has 1 unspecified atom stereocenters. The fourth-order valence-electron chi connectivity index (χ4n) is 5.48. The summed E-state index contributed by atoms with van der Waals surface area (Å²) in [6.45, 7) is 1.66. The number of H-pyrrole nitrogens is 1. The summed E-state index contributed by atoms with van der Waals surface area (Å²) in [4.78, 5) is 38.7. The van der Waals surface area contributed by atoms with Crippen LogP contribution >= 0.6 is 0 Å². The Balaban J connectivity index is 1.18. The van der Waals surface area contributed by atoms with Gasteiger partial charge in [0.25, 0.3) is 5.56 Å². The van der Waals surface area contributed by atoms with Crippen molar-refractivity contribution in [1.82, 2.24) is 24.8 Å². The predicted molar refractivity (Wildman–Crippen MR) is 168 cm³/mol. The van der Waals surface area contributed by atoms with Gasteiger partial charge in [0.2, 0.25) is 5.91 Å². The van der Waals surface area contributed by atoms with Crippen molar-refractivity contribution in [3.8, 4) is 11.4 Å². The van der Waals surface area contributed by atoms with Gasteiger partial charge in [-0.05, 0) is 55.0 Å². The van der Waals surface area contributed by atoms with Gasteiger partial charge < -0.3 is 20.0 Å². The Hall–Kier alpha value is -5.84. The second-order valence-corrected chi connectivity index (χ2v) is 10.7. The summed E-state index contributed by atoms with van der Waals surface area (Å²) >= 11 is 0. The quantitative estimate of drug-likeness (QED) is 0.183. The molecule has 7 rings (SSSR count). The van der Waals surface area contributed by atoms with Gasteiger partial charge in [0.1, 0.15) is 29.5 Å². The Morgan fingerprint density at radius 3 is 2.69 bits per heavy atom. The summed E-state index contributed by atoms with van der Waals surface area (Å²) in [5.74, 6) is -1.45. The number of halogens is 2. The van der Waals surface area contributed by atoms with Gasteiger partial charge in [-0.1, -0.05) is 30.3 Å². The minimum Gasteiger partial charge on any atom is -0.453 e. The summed E-state index contributed by atoms with van der Waals surface area (Å²) in [5.41, 5.74) is 2.86. The summed E-state index contributed by atoms with van der Waals surface area (Å²) in [6, 6.07) is 19.5. The van der Waals surface area contributed by atoms with Crippen LogP contribution in [0.4, 0.5) is 14.5 Å². The Labute approximate surface area is 254 Å². The fourth-order valence-corrected chi connectivity index (χ4v) is 5.48. The van der Waals surface area contributed by atoms with Gasteiger partial charge in [0.05, 0.1) is 18.3 Å². The number of hydrogen-bond acceptors (Lipinski definition) is 6. The van der Waals surface area contributed by atoms with E-state index in [4.69, 9.17) is 4.42 Å². The molecule has 0 saturated heterocycles. The summed E-state index contributed by atoms with van der Waals surface area (Å²) < 4.78 is 36.0. The molecule has 4 aromatic heterocycles. The second kappa shape index (κ2) is 11.3. The molecule has 7 aromatic rings. The lowest BCUT2D eigenvalue weighted by molar-refractivity contribution is -0.121. The number of rotatable bonds is 8. The van der Waals surface area contributed by atoms with E-state index in [-0.39, 0.29) is 41.8 Å². The first-order valence-corrected chi connectivity index (χ1v) is 14.3. The molecule has 45 heavy (non-hydrogen) atoms. The van der Waals surface area contributed by atoms with Crippen LogP contribution in [0, 0.1) is 11.6 Å². The van der Waals surface area contributed by atoms with Gasteiger partial charge in [-0.2, -0.15) is 0 Å². The lowest BCUT2D eigenvalue weighted by Gasteiger charge is -2.18. The molecule has 0 aliphatic heterocycles. The number of carbonyl (C=O) groups is 1. The number of hydrogen-bond donors (Lipinski definition) is 3. The van der Waals surface area contributed by atoms with Crippen LogP contribution in [0.15, 0.2) is 101 Å². The van der Waals surface area contributed by atoms with E-state index in [1.165, 1.54) is 30.5 Å². The number of anilines is 1. The highest BCUT2D eigenvalue weighted by molar-refractivity contribution is 6.05. The lowest BCUT2D eigenvalue weighted by Crippen LogP contribution is -2.34. The molecule has 0 bridgehead atoms. The van der Waals surface area contributed by atoms with Crippen molar-refractivity contribution in [2.45, 2.75) is 26.1 Å². The van der Waals surface area contributed by atoms with Crippen LogP contribution in [-0.4, -0.2) is 25.4 Å². The van der Waals surface area contributed by atoms with Crippen LogP contribution in [0.1, 0.15) is 24.2 Å². The molecular weight excluding hydrogens is 578 g/mol. The van der Waals surface area contributed by atoms with Gasteiger partial charge in [-0.15, -0.1) is 0 Å². The molecule has 0 saturated carbocycles. The Morgan fingerprint density at radius 2 is 1.84 bits per heavy atom. The van der Waals surface area contributed by atoms with E-state index in [0.717, 1.165) is 32.1 Å². The highest BCUT2D eigenvalue weighted by atomic mass is 19.1. The molecule has 0 fully saturated rings. The summed E-state index contributed by atoms with van der Waals surface area (Å²) in [7, 11) is 0. The van der Waals surface area contributed by atoms with E-state index in [1.54, 1.807) is 36.7 Å². The van der Waals surface area contributed by atoms with E-state index in [9.17, 15) is 18.4 Å². The third kappa shape index (κ3) is 5.29. The van der Waals surface area contributed by atoms with Gasteiger partial charge in [0.15, 0.2) is 11.4 Å². The lowest BCUT2D eigenvalue weighted by atomic mass is 10.0. The smallest absolute Gasteiger partial charge is 0.277 e. The van der Waals surface area contributed by atoms with Crippen LogP contribution in [0.5, 0.6) is 0 Å². The first-order valence-electron chi connectivity index (χ1n) is 14.3. The average molecular weight is 605 g/mol. The number of aromatic amines is 1. The van der Waals surface area contributed by atoms with E-state index >= 15 is 0 Å². The Morgan fingerprint density at radius 1 is 1.00 bits per heavy atom. The van der Waals surface area contributed by atoms with Crippen molar-refractivity contribution < 1.29 is 18.0 Å². The van der Waals surface area contributed by atoms with Crippen molar-refractivity contribution in [2.24, 2.45) is 0 Å². The van der Waals surface area contributed by atoms with Crippen molar-refractivity contribution in [3.05, 3.63) is 125 Å². The van der Waals surface area contributed by atoms with Crippen LogP contribution in [0.25, 0.3) is 44.2 Å². The van der Waals surface area contributed by atoms with Crippen molar-refractivity contribution in [1.29, 1.82) is 0 Å². The molecule has 9 nitrogen and oxygen atoms in total. The molecule has 1 atom stereocenters. The Kier molecular flexibility index (Phi) is 7.05. The molecule has 224 valence electrons. The van der Waals surface area contributed by atoms with E-state index in [0.29, 0.717) is 11.0 Å². The Bertz CT molecular complexity index is 2260. The third-order valence-corrected chi connectivity index (χ3v) is 7.76. The number of nitrogens with one attached hydrogen (secondary N) is 3. The van der Waals surface area contributed by atoms with Gasteiger partial charge in [-0.3, -0.25) is 19.1 Å². The number of furan rings is 1. The molecule has 0 aliphatic carbocycles. The molecule has 4 heterocycles. The second-order valence-electron chi connectivity index (χ2n) is 10.7. The zero-order valence-corrected chi connectivity index (χ0v) is 24.0. The number of carbonyl (C=O) groups excluding carboxylic acids is 1. The first-order chi connectivity index (χ1) is 21.9. The van der Waals surface area contributed by atoms with Crippen LogP contribution in [-0.2, 0) is 17.9 Å². The molecule has 0 radical (unpaired) electrons. The summed E-state index contributed by atoms with van der Waals surface area (Å²) in [5, 5.41) is 8.30. The maximum atomic E-state index is 14.9. The first kappa shape index (κ1) is 28.0. The standard InChI is InChI=1S/C34H26F2N6O3/c1-19(20-9-10-30-25(14-20)23-6-4-8-27(36)32(23)45-30)40-29-17-39-33(24-5-2-3-7-26(24)35)42(34(29)44)18-31(43)38-16-22-13-21-15-37-12-11-28(21)41-22/h2-15,17,19,40-41H,16,18H2,1H3,(H,38,43). The maximum absolute atomic E-state index is 14.9. The SMILES string of the molecule is CC(Nc1cnc(-c2ccccc2F)n(CC(=O)NCc2cc3cnccc3[nH]2)c1=O)c1ccc2oc3c(F)cccc3c2c1. The summed E-state index contributed by atoms with van der Waals surface area (Å²) in [6.07, 6.45) is 4.73. The number of benzene rings is 3. The predicted octanol–water partition coefficient (Wildman–Crippen LogP) is 6.45. The minimum absolute atomic E-state index is 0.0245.